The van der Waals surface area contributed by atoms with Crippen LogP contribution in [0.5, 0.6) is 0 Å². The number of rotatable bonds is 7. The van der Waals surface area contributed by atoms with E-state index in [2.05, 4.69) is 24.1 Å². The van der Waals surface area contributed by atoms with Gasteiger partial charge in [-0.1, -0.05) is 55.0 Å². The van der Waals surface area contributed by atoms with E-state index in [0.29, 0.717) is 0 Å². The molecular weight excluding hydrogens is 278 g/mol. The summed E-state index contributed by atoms with van der Waals surface area (Å²) in [6, 6.07) is 0. The number of aliphatic imine (C=N–C) groups is 1. The maximum absolute atomic E-state index is 5.78. The lowest BCUT2D eigenvalue weighted by molar-refractivity contribution is 1.27. The van der Waals surface area contributed by atoms with Crippen molar-refractivity contribution in [1.29, 1.82) is 0 Å². The molecule has 0 aromatic heterocycles. The van der Waals surface area contributed by atoms with Crippen molar-refractivity contribution in [3.8, 4) is 12.3 Å². The van der Waals surface area contributed by atoms with E-state index in [0.717, 1.165) is 33.4 Å². The lowest BCUT2D eigenvalue weighted by atomic mass is 9.87. The number of terminal acetylenes is 1. The van der Waals surface area contributed by atoms with Gasteiger partial charge >= 0.3 is 0 Å². The molecule has 0 bridgehead atoms. The van der Waals surface area contributed by atoms with Gasteiger partial charge in [0, 0.05) is 18.8 Å². The maximum atomic E-state index is 5.78. The maximum Gasteiger partial charge on any atom is 0.0387 e. The van der Waals surface area contributed by atoms with Gasteiger partial charge in [0.1, 0.15) is 0 Å². The van der Waals surface area contributed by atoms with Crippen molar-refractivity contribution in [1.82, 2.24) is 0 Å². The zero-order chi connectivity index (χ0) is 17.8. The molecule has 0 amide bonds. The minimum absolute atomic E-state index is 0.776. The van der Waals surface area contributed by atoms with Crippen LogP contribution in [0.3, 0.4) is 0 Å². The Labute approximate surface area is 141 Å². The Morgan fingerprint density at radius 2 is 1.70 bits per heavy atom. The second-order valence-corrected chi connectivity index (χ2v) is 5.06. The molecular formula is C22H27N. The molecule has 23 heavy (non-hydrogen) atoms. The monoisotopic (exact) mass is 305 g/mol. The van der Waals surface area contributed by atoms with Gasteiger partial charge in [0.05, 0.1) is 0 Å². The van der Waals surface area contributed by atoms with Crippen LogP contribution in [0.1, 0.15) is 27.7 Å². The Hall–Kier alpha value is -2.59. The number of hydrogen-bond donors (Lipinski definition) is 0. The number of allylic oxidation sites excluding steroid dienone is 12. The predicted molar refractivity (Wildman–Crippen MR) is 106 cm³/mol. The van der Waals surface area contributed by atoms with Crippen molar-refractivity contribution < 1.29 is 0 Å². The van der Waals surface area contributed by atoms with Gasteiger partial charge in [0.2, 0.25) is 0 Å². The summed E-state index contributed by atoms with van der Waals surface area (Å²) in [6.45, 7) is 16.2. The summed E-state index contributed by atoms with van der Waals surface area (Å²) < 4.78 is 0. The first-order chi connectivity index (χ1) is 11.0. The van der Waals surface area contributed by atoms with Gasteiger partial charge in [-0.3, -0.25) is 4.99 Å². The summed E-state index contributed by atoms with van der Waals surface area (Å²) in [5.41, 5.74) is 5.63. The summed E-state index contributed by atoms with van der Waals surface area (Å²) in [7, 11) is 1.73. The molecule has 0 unspecified atom stereocenters. The second-order valence-electron chi connectivity index (χ2n) is 5.06. The molecule has 0 spiro atoms. The fourth-order valence-corrected chi connectivity index (χ4v) is 2.22. The summed E-state index contributed by atoms with van der Waals surface area (Å²) in [6.07, 6.45) is 19.2. The van der Waals surface area contributed by atoms with Crippen molar-refractivity contribution in [2.75, 3.05) is 7.05 Å². The van der Waals surface area contributed by atoms with Crippen LogP contribution in [-0.4, -0.2) is 13.3 Å². The van der Waals surface area contributed by atoms with E-state index in [9.17, 15) is 0 Å². The zero-order valence-corrected chi connectivity index (χ0v) is 15.0. The van der Waals surface area contributed by atoms with Crippen LogP contribution >= 0.6 is 0 Å². The quantitative estimate of drug-likeness (QED) is 0.321. The predicted octanol–water partition coefficient (Wildman–Crippen LogP) is 5.77. The van der Waals surface area contributed by atoms with Crippen molar-refractivity contribution in [3.63, 3.8) is 0 Å². The zero-order valence-electron chi connectivity index (χ0n) is 15.0. The van der Waals surface area contributed by atoms with E-state index in [4.69, 9.17) is 6.42 Å². The highest BCUT2D eigenvalue weighted by atomic mass is 14.6. The lowest BCUT2D eigenvalue weighted by Gasteiger charge is -2.16. The van der Waals surface area contributed by atoms with Crippen LogP contribution in [-0.2, 0) is 0 Å². The standard InChI is InChI=1S/C22H27N/c1-9-13-20(14-10-2)21(12-4)18(7)22(17(5)6)19(11-3)15-16-23-8/h4,9-11,13-16H,3,7H2,1-2,5-6,8H3/b13-9-,14-10-,19-15+,23-16?. The molecule has 0 aliphatic carbocycles. The minimum Gasteiger partial charge on any atom is -0.296 e. The van der Waals surface area contributed by atoms with Crippen LogP contribution in [0.15, 0.2) is 88.0 Å². The van der Waals surface area contributed by atoms with E-state index in [1.165, 1.54) is 0 Å². The van der Waals surface area contributed by atoms with Crippen LogP contribution in [0, 0.1) is 12.3 Å². The summed E-state index contributed by atoms with van der Waals surface area (Å²) in [5, 5.41) is 0. The first-order valence-corrected chi connectivity index (χ1v) is 7.57. The Balaban J connectivity index is 6.40. The van der Waals surface area contributed by atoms with Crippen molar-refractivity contribution in [2.24, 2.45) is 4.99 Å². The highest BCUT2D eigenvalue weighted by Crippen LogP contribution is 2.30. The smallest absolute Gasteiger partial charge is 0.0387 e. The summed E-state index contributed by atoms with van der Waals surface area (Å²) >= 11 is 0. The molecule has 0 fully saturated rings. The lowest BCUT2D eigenvalue weighted by Crippen LogP contribution is -1.99. The molecule has 0 N–H and O–H groups in total. The van der Waals surface area contributed by atoms with Gasteiger partial charge in [-0.25, -0.2) is 0 Å². The van der Waals surface area contributed by atoms with Gasteiger partial charge in [-0.15, -0.1) is 6.42 Å². The van der Waals surface area contributed by atoms with Crippen molar-refractivity contribution in [2.45, 2.75) is 27.7 Å². The third-order valence-corrected chi connectivity index (χ3v) is 3.14. The summed E-state index contributed by atoms with van der Waals surface area (Å²) in [5.74, 6) is 2.79. The highest BCUT2D eigenvalue weighted by molar-refractivity contribution is 5.77. The van der Waals surface area contributed by atoms with Crippen LogP contribution in [0.25, 0.3) is 0 Å². The third kappa shape index (κ3) is 5.96. The van der Waals surface area contributed by atoms with Crippen LogP contribution in [0.4, 0.5) is 0 Å². The van der Waals surface area contributed by atoms with Crippen LogP contribution < -0.4 is 0 Å². The average molecular weight is 305 g/mol. The SMILES string of the molecule is C#CC(C(=C)C(=C(C)C)/C(C=C)=C/C=NC)=C(/C=C\C)/C=C\C. The van der Waals surface area contributed by atoms with Gasteiger partial charge in [-0.05, 0) is 56.1 Å². The normalized spacial score (nSPS) is 11.7. The third-order valence-electron chi connectivity index (χ3n) is 3.14. The molecule has 0 saturated heterocycles. The number of hydrogen-bond acceptors (Lipinski definition) is 1. The number of nitrogens with zero attached hydrogens (tertiary/aromatic N) is 1. The topological polar surface area (TPSA) is 12.4 Å². The first kappa shape index (κ1) is 20.4. The molecule has 0 aliphatic rings. The van der Waals surface area contributed by atoms with Gasteiger partial charge in [0.25, 0.3) is 0 Å². The Morgan fingerprint density at radius 3 is 2.04 bits per heavy atom. The molecule has 0 aromatic carbocycles. The molecule has 1 nitrogen and oxygen atoms in total. The largest absolute Gasteiger partial charge is 0.296 e. The van der Waals surface area contributed by atoms with E-state index in [-0.39, 0.29) is 0 Å². The molecule has 0 radical (unpaired) electrons. The van der Waals surface area contributed by atoms with Crippen molar-refractivity contribution >= 4 is 6.21 Å². The highest BCUT2D eigenvalue weighted by Gasteiger charge is 2.13. The van der Waals surface area contributed by atoms with Gasteiger partial charge in [-0.2, -0.15) is 0 Å². The van der Waals surface area contributed by atoms with Gasteiger partial charge < -0.3 is 0 Å². The Kier molecular flexibility index (Phi) is 9.80. The van der Waals surface area contributed by atoms with E-state index in [1.54, 1.807) is 19.3 Å². The molecule has 1 heteroatoms. The van der Waals surface area contributed by atoms with E-state index in [1.807, 2.05) is 58.1 Å². The molecule has 0 heterocycles. The molecule has 0 rings (SSSR count). The Morgan fingerprint density at radius 1 is 1.13 bits per heavy atom. The van der Waals surface area contributed by atoms with E-state index >= 15 is 0 Å². The second kappa shape index (κ2) is 11.0. The van der Waals surface area contributed by atoms with Crippen molar-refractivity contribution in [3.05, 3.63) is 83.1 Å². The molecule has 0 aromatic rings. The first-order valence-electron chi connectivity index (χ1n) is 7.57. The fourth-order valence-electron chi connectivity index (χ4n) is 2.22. The summed E-state index contributed by atoms with van der Waals surface area (Å²) in [4.78, 5) is 4.01. The van der Waals surface area contributed by atoms with Gasteiger partial charge in [0.15, 0.2) is 0 Å². The Bertz CT molecular complexity index is 647. The fraction of sp³-hybridized carbons (Fsp3) is 0.227. The molecule has 0 aliphatic heterocycles. The van der Waals surface area contributed by atoms with Crippen LogP contribution in [0.2, 0.25) is 0 Å². The average Bonchev–Trinajstić information content (AvgIpc) is 2.51. The molecule has 120 valence electrons. The van der Waals surface area contributed by atoms with E-state index < -0.39 is 0 Å². The molecule has 0 saturated carbocycles. The molecule has 0 atom stereocenters. The minimum atomic E-state index is 0.776.